The standard InChI is InChI=1S/C10H18N2OS/c1-7(13-3)4-10(12-11)9-5-8(2)14-6-9/h5-7,10,12H,4,11H2,1-3H3. The highest BCUT2D eigenvalue weighted by molar-refractivity contribution is 7.10. The molecule has 0 radical (unpaired) electrons. The summed E-state index contributed by atoms with van der Waals surface area (Å²) in [5.74, 6) is 5.52. The van der Waals surface area contributed by atoms with Crippen molar-refractivity contribution in [1.82, 2.24) is 5.43 Å². The Hall–Kier alpha value is -0.420. The first kappa shape index (κ1) is 11.7. The van der Waals surface area contributed by atoms with E-state index in [1.54, 1.807) is 18.4 Å². The van der Waals surface area contributed by atoms with Gasteiger partial charge in [0.15, 0.2) is 0 Å². The van der Waals surface area contributed by atoms with Crippen molar-refractivity contribution in [3.05, 3.63) is 21.9 Å². The predicted octanol–water partition coefficient (Wildman–Crippen LogP) is 1.99. The van der Waals surface area contributed by atoms with Gasteiger partial charge in [0.05, 0.1) is 6.10 Å². The molecule has 0 spiro atoms. The molecule has 1 heterocycles. The highest BCUT2D eigenvalue weighted by Crippen LogP contribution is 2.23. The second kappa shape index (κ2) is 5.46. The molecule has 1 aromatic rings. The average Bonchev–Trinajstić information content (AvgIpc) is 2.60. The molecule has 0 saturated carbocycles. The van der Waals surface area contributed by atoms with Crippen LogP contribution in [0.5, 0.6) is 0 Å². The molecule has 1 aromatic heterocycles. The zero-order chi connectivity index (χ0) is 10.6. The van der Waals surface area contributed by atoms with E-state index in [0.717, 1.165) is 6.42 Å². The lowest BCUT2D eigenvalue weighted by Crippen LogP contribution is -2.30. The van der Waals surface area contributed by atoms with Crippen molar-refractivity contribution in [2.45, 2.75) is 32.4 Å². The van der Waals surface area contributed by atoms with Gasteiger partial charge in [-0.2, -0.15) is 0 Å². The predicted molar refractivity (Wildman–Crippen MR) is 60.2 cm³/mol. The number of nitrogens with one attached hydrogen (secondary N) is 1. The smallest absolute Gasteiger partial charge is 0.0561 e. The minimum Gasteiger partial charge on any atom is -0.382 e. The van der Waals surface area contributed by atoms with E-state index in [0.29, 0.717) is 0 Å². The van der Waals surface area contributed by atoms with Crippen LogP contribution >= 0.6 is 11.3 Å². The summed E-state index contributed by atoms with van der Waals surface area (Å²) >= 11 is 1.75. The van der Waals surface area contributed by atoms with E-state index in [-0.39, 0.29) is 12.1 Å². The van der Waals surface area contributed by atoms with Crippen LogP contribution in [-0.4, -0.2) is 13.2 Å². The third-order valence-electron chi connectivity index (χ3n) is 2.32. The van der Waals surface area contributed by atoms with Crippen LogP contribution in [0.3, 0.4) is 0 Å². The van der Waals surface area contributed by atoms with Gasteiger partial charge in [-0.1, -0.05) is 0 Å². The molecule has 2 atom stereocenters. The van der Waals surface area contributed by atoms with E-state index in [4.69, 9.17) is 10.6 Å². The molecule has 3 N–H and O–H groups in total. The summed E-state index contributed by atoms with van der Waals surface area (Å²) in [6, 6.07) is 2.35. The SMILES string of the molecule is COC(C)CC(NN)c1csc(C)c1. The van der Waals surface area contributed by atoms with Crippen molar-refractivity contribution in [3.8, 4) is 0 Å². The van der Waals surface area contributed by atoms with Crippen LogP contribution in [0.25, 0.3) is 0 Å². The third kappa shape index (κ3) is 3.06. The lowest BCUT2D eigenvalue weighted by Gasteiger charge is -2.18. The van der Waals surface area contributed by atoms with Gasteiger partial charge in [0.1, 0.15) is 0 Å². The molecule has 0 aromatic carbocycles. The lowest BCUT2D eigenvalue weighted by molar-refractivity contribution is 0.100. The van der Waals surface area contributed by atoms with Gasteiger partial charge in [-0.15, -0.1) is 11.3 Å². The molecular formula is C10H18N2OS. The highest BCUT2D eigenvalue weighted by Gasteiger charge is 2.14. The van der Waals surface area contributed by atoms with Gasteiger partial charge >= 0.3 is 0 Å². The van der Waals surface area contributed by atoms with Crippen molar-refractivity contribution in [3.63, 3.8) is 0 Å². The molecule has 4 heteroatoms. The summed E-state index contributed by atoms with van der Waals surface area (Å²) in [7, 11) is 1.72. The minimum atomic E-state index is 0.190. The van der Waals surface area contributed by atoms with Crippen molar-refractivity contribution >= 4 is 11.3 Å². The van der Waals surface area contributed by atoms with E-state index >= 15 is 0 Å². The van der Waals surface area contributed by atoms with E-state index in [1.807, 2.05) is 6.92 Å². The Bertz CT molecular complexity index is 275. The summed E-state index contributed by atoms with van der Waals surface area (Å²) in [4.78, 5) is 1.31. The number of aryl methyl sites for hydroxylation is 1. The molecule has 0 aliphatic heterocycles. The fourth-order valence-electron chi connectivity index (χ4n) is 1.37. The molecule has 1 rings (SSSR count). The summed E-state index contributed by atoms with van der Waals surface area (Å²) in [6.45, 7) is 4.14. The van der Waals surface area contributed by atoms with Gasteiger partial charge in [0.25, 0.3) is 0 Å². The summed E-state index contributed by atoms with van der Waals surface area (Å²) in [6.07, 6.45) is 1.11. The van der Waals surface area contributed by atoms with Crippen LogP contribution in [0.15, 0.2) is 11.4 Å². The van der Waals surface area contributed by atoms with Gasteiger partial charge < -0.3 is 4.74 Å². The zero-order valence-corrected chi connectivity index (χ0v) is 9.73. The van der Waals surface area contributed by atoms with Gasteiger partial charge in [0.2, 0.25) is 0 Å². The largest absolute Gasteiger partial charge is 0.382 e. The normalized spacial score (nSPS) is 15.4. The number of hydrogen-bond acceptors (Lipinski definition) is 4. The number of rotatable bonds is 5. The Morgan fingerprint density at radius 2 is 2.36 bits per heavy atom. The summed E-state index contributed by atoms with van der Waals surface area (Å²) in [5, 5.41) is 2.14. The molecule has 2 unspecified atom stereocenters. The second-order valence-corrected chi connectivity index (χ2v) is 4.61. The van der Waals surface area contributed by atoms with Crippen LogP contribution in [0, 0.1) is 6.92 Å². The van der Waals surface area contributed by atoms with E-state index < -0.39 is 0 Å². The number of nitrogens with two attached hydrogens (primary N) is 1. The summed E-state index contributed by atoms with van der Waals surface area (Å²) < 4.78 is 5.22. The Balaban J connectivity index is 2.62. The van der Waals surface area contributed by atoms with Crippen molar-refractivity contribution in [2.24, 2.45) is 5.84 Å². The zero-order valence-electron chi connectivity index (χ0n) is 8.91. The third-order valence-corrected chi connectivity index (χ3v) is 3.20. The quantitative estimate of drug-likeness (QED) is 0.582. The molecule has 3 nitrogen and oxygen atoms in total. The number of methoxy groups -OCH3 is 1. The Labute approximate surface area is 89.2 Å². The summed E-state index contributed by atoms with van der Waals surface area (Å²) in [5.41, 5.74) is 4.07. The first-order valence-corrected chi connectivity index (χ1v) is 5.59. The number of hydrogen-bond donors (Lipinski definition) is 2. The van der Waals surface area contributed by atoms with Crippen LogP contribution in [0.1, 0.15) is 29.8 Å². The van der Waals surface area contributed by atoms with Gasteiger partial charge in [-0.05, 0) is 37.3 Å². The molecule has 0 bridgehead atoms. The Morgan fingerprint density at radius 3 is 2.79 bits per heavy atom. The Kier molecular flexibility index (Phi) is 4.54. The molecular weight excluding hydrogens is 196 g/mol. The molecule has 14 heavy (non-hydrogen) atoms. The van der Waals surface area contributed by atoms with Crippen molar-refractivity contribution < 1.29 is 4.74 Å². The lowest BCUT2D eigenvalue weighted by atomic mass is 10.0. The van der Waals surface area contributed by atoms with Crippen molar-refractivity contribution in [2.75, 3.05) is 7.11 Å². The first-order chi connectivity index (χ1) is 6.67. The van der Waals surface area contributed by atoms with Gasteiger partial charge in [-0.25, -0.2) is 0 Å². The van der Waals surface area contributed by atoms with Crippen LogP contribution < -0.4 is 11.3 Å². The highest BCUT2D eigenvalue weighted by atomic mass is 32.1. The topological polar surface area (TPSA) is 47.3 Å². The van der Waals surface area contributed by atoms with Crippen LogP contribution in [0.2, 0.25) is 0 Å². The Morgan fingerprint density at radius 1 is 1.64 bits per heavy atom. The molecule has 0 amide bonds. The molecule has 0 aliphatic carbocycles. The van der Waals surface area contributed by atoms with Gasteiger partial charge in [-0.3, -0.25) is 11.3 Å². The molecule has 0 aliphatic rings. The number of hydrazine groups is 1. The fourth-order valence-corrected chi connectivity index (χ4v) is 2.13. The van der Waals surface area contributed by atoms with E-state index in [2.05, 4.69) is 23.8 Å². The fraction of sp³-hybridized carbons (Fsp3) is 0.600. The first-order valence-electron chi connectivity index (χ1n) is 4.71. The molecule has 80 valence electrons. The molecule has 0 saturated heterocycles. The van der Waals surface area contributed by atoms with E-state index in [1.165, 1.54) is 10.4 Å². The maximum absolute atomic E-state index is 5.52. The number of ether oxygens (including phenoxy) is 1. The average molecular weight is 214 g/mol. The van der Waals surface area contributed by atoms with Crippen molar-refractivity contribution in [1.29, 1.82) is 0 Å². The van der Waals surface area contributed by atoms with Gasteiger partial charge in [0, 0.05) is 18.0 Å². The van der Waals surface area contributed by atoms with E-state index in [9.17, 15) is 0 Å². The van der Waals surface area contributed by atoms with Crippen LogP contribution in [0.4, 0.5) is 0 Å². The maximum atomic E-state index is 5.52. The number of thiophene rings is 1. The molecule has 0 fully saturated rings. The maximum Gasteiger partial charge on any atom is 0.0561 e. The van der Waals surface area contributed by atoms with Crippen LogP contribution in [-0.2, 0) is 4.74 Å². The minimum absolute atomic E-state index is 0.190. The monoisotopic (exact) mass is 214 g/mol. The second-order valence-electron chi connectivity index (χ2n) is 3.49.